The molecule has 2 aromatic heterocycles. The first-order valence-corrected chi connectivity index (χ1v) is 9.85. The summed E-state index contributed by atoms with van der Waals surface area (Å²) in [5.74, 6) is 1.47. The standard InChI is InChI=1S/C22H15IN4O2/c1-14-19(13-28)22(23)27-21(14)20(15(11-24)12-25-27)26-16-7-9-18(10-8-16)29-17-5-3-2-4-6-17/h2-10,12-13,26H,1H3. The number of ether oxygens (including phenoxy) is 1. The number of nitrogens with zero attached hydrogens (tertiary/aromatic N) is 3. The number of carbonyl (C=O) groups is 1. The molecule has 4 rings (SSSR count). The molecule has 1 N–H and O–H groups in total. The molecule has 142 valence electrons. The summed E-state index contributed by atoms with van der Waals surface area (Å²) >= 11 is 2.09. The first-order chi connectivity index (χ1) is 14.1. The van der Waals surface area contributed by atoms with Gasteiger partial charge in [0.2, 0.25) is 0 Å². The molecule has 2 heterocycles. The van der Waals surface area contributed by atoms with Gasteiger partial charge in [-0.1, -0.05) is 18.2 Å². The van der Waals surface area contributed by atoms with Gasteiger partial charge < -0.3 is 10.1 Å². The smallest absolute Gasteiger partial charge is 0.153 e. The zero-order chi connectivity index (χ0) is 20.4. The lowest BCUT2D eigenvalue weighted by molar-refractivity contribution is 0.112. The molecule has 0 saturated carbocycles. The van der Waals surface area contributed by atoms with Gasteiger partial charge in [-0.3, -0.25) is 4.79 Å². The van der Waals surface area contributed by atoms with Crippen LogP contribution in [0.2, 0.25) is 0 Å². The molecule has 0 spiro atoms. The molecule has 2 aromatic carbocycles. The van der Waals surface area contributed by atoms with E-state index in [0.29, 0.717) is 31.8 Å². The van der Waals surface area contributed by atoms with Crippen LogP contribution >= 0.6 is 22.6 Å². The van der Waals surface area contributed by atoms with E-state index in [1.54, 1.807) is 4.52 Å². The van der Waals surface area contributed by atoms with Crippen LogP contribution in [0.3, 0.4) is 0 Å². The number of aryl methyl sites for hydroxylation is 1. The number of para-hydroxylation sites is 1. The van der Waals surface area contributed by atoms with Crippen LogP contribution in [0.1, 0.15) is 21.5 Å². The maximum Gasteiger partial charge on any atom is 0.153 e. The Morgan fingerprint density at radius 1 is 1.14 bits per heavy atom. The largest absolute Gasteiger partial charge is 0.457 e. The maximum absolute atomic E-state index is 11.5. The Labute approximate surface area is 180 Å². The molecule has 4 aromatic rings. The number of rotatable bonds is 5. The Bertz CT molecular complexity index is 1240. The molecule has 29 heavy (non-hydrogen) atoms. The van der Waals surface area contributed by atoms with Crippen molar-refractivity contribution >= 4 is 45.8 Å². The molecule has 0 atom stereocenters. The SMILES string of the molecule is Cc1c(C=O)c(I)n2ncc(C#N)c(Nc3ccc(Oc4ccccc4)cc3)c12. The molecule has 0 unspecified atom stereocenters. The number of nitriles is 1. The number of aldehydes is 1. The highest BCUT2D eigenvalue weighted by molar-refractivity contribution is 14.1. The molecular formula is C22H15IN4O2. The van der Waals surface area contributed by atoms with E-state index in [1.807, 2.05) is 61.5 Å². The Balaban J connectivity index is 1.70. The van der Waals surface area contributed by atoms with Gasteiger partial charge in [-0.2, -0.15) is 10.4 Å². The summed E-state index contributed by atoms with van der Waals surface area (Å²) in [7, 11) is 0. The van der Waals surface area contributed by atoms with Crippen LogP contribution in [0.15, 0.2) is 60.8 Å². The van der Waals surface area contributed by atoms with E-state index < -0.39 is 0 Å². The number of fused-ring (bicyclic) bond motifs is 1. The normalized spacial score (nSPS) is 10.5. The highest BCUT2D eigenvalue weighted by atomic mass is 127. The van der Waals surface area contributed by atoms with Crippen LogP contribution in [-0.4, -0.2) is 15.9 Å². The number of nitrogens with one attached hydrogen (secondary N) is 1. The second-order valence-corrected chi connectivity index (χ2v) is 7.34. The molecule has 7 heteroatoms. The van der Waals surface area contributed by atoms with Crippen LogP contribution in [0.4, 0.5) is 11.4 Å². The quantitative estimate of drug-likeness (QED) is 0.294. The van der Waals surface area contributed by atoms with Gasteiger partial charge in [0.25, 0.3) is 0 Å². The van der Waals surface area contributed by atoms with Crippen LogP contribution in [0.5, 0.6) is 11.5 Å². The van der Waals surface area contributed by atoms with Crippen molar-refractivity contribution in [1.82, 2.24) is 9.61 Å². The monoisotopic (exact) mass is 494 g/mol. The third-order valence-corrected chi connectivity index (χ3v) is 5.57. The Kier molecular flexibility index (Phi) is 5.18. The van der Waals surface area contributed by atoms with Crippen LogP contribution < -0.4 is 10.1 Å². The Morgan fingerprint density at radius 3 is 2.48 bits per heavy atom. The number of hydrogen-bond donors (Lipinski definition) is 1. The van der Waals surface area contributed by atoms with Gasteiger partial charge in [0.05, 0.1) is 28.5 Å². The molecule has 0 aliphatic heterocycles. The van der Waals surface area contributed by atoms with Gasteiger partial charge in [0, 0.05) is 5.69 Å². The molecule has 0 radical (unpaired) electrons. The van der Waals surface area contributed by atoms with Crippen molar-refractivity contribution in [2.24, 2.45) is 0 Å². The lowest BCUT2D eigenvalue weighted by atomic mass is 10.1. The van der Waals surface area contributed by atoms with E-state index in [9.17, 15) is 10.1 Å². The number of hydrogen-bond acceptors (Lipinski definition) is 5. The van der Waals surface area contributed by atoms with Crippen molar-refractivity contribution in [2.45, 2.75) is 6.92 Å². The molecule has 0 bridgehead atoms. The summed E-state index contributed by atoms with van der Waals surface area (Å²) in [6, 6.07) is 19.2. The molecular weight excluding hydrogens is 479 g/mol. The fourth-order valence-electron chi connectivity index (χ4n) is 3.09. The van der Waals surface area contributed by atoms with Crippen molar-refractivity contribution in [3.8, 4) is 17.6 Å². The van der Waals surface area contributed by atoms with E-state index in [0.717, 1.165) is 23.3 Å². The number of carbonyl (C=O) groups excluding carboxylic acids is 1. The first-order valence-electron chi connectivity index (χ1n) is 8.77. The minimum atomic E-state index is 0.400. The number of aromatic nitrogens is 2. The molecule has 0 fully saturated rings. The topological polar surface area (TPSA) is 79.4 Å². The summed E-state index contributed by atoms with van der Waals surface area (Å²) in [6.45, 7) is 1.85. The van der Waals surface area contributed by atoms with Gasteiger partial charge in [-0.25, -0.2) is 4.52 Å². The Morgan fingerprint density at radius 2 is 1.83 bits per heavy atom. The fourth-order valence-corrected chi connectivity index (χ4v) is 3.98. The minimum Gasteiger partial charge on any atom is -0.457 e. The third kappa shape index (κ3) is 3.54. The maximum atomic E-state index is 11.5. The van der Waals surface area contributed by atoms with Crippen LogP contribution in [0, 0.1) is 22.0 Å². The highest BCUT2D eigenvalue weighted by Gasteiger charge is 2.19. The zero-order valence-corrected chi connectivity index (χ0v) is 17.5. The van der Waals surface area contributed by atoms with Crippen molar-refractivity contribution in [3.05, 3.63) is 81.2 Å². The summed E-state index contributed by atoms with van der Waals surface area (Å²) < 4.78 is 8.21. The number of anilines is 2. The molecule has 6 nitrogen and oxygen atoms in total. The average Bonchev–Trinajstić information content (AvgIpc) is 3.00. The van der Waals surface area contributed by atoms with Crippen molar-refractivity contribution in [2.75, 3.05) is 5.32 Å². The first kappa shape index (κ1) is 19.0. The van der Waals surface area contributed by atoms with E-state index in [-0.39, 0.29) is 0 Å². The van der Waals surface area contributed by atoms with E-state index in [1.165, 1.54) is 6.20 Å². The molecule has 0 aliphatic rings. The summed E-state index contributed by atoms with van der Waals surface area (Å²) in [6.07, 6.45) is 2.32. The fraction of sp³-hybridized carbons (Fsp3) is 0.0455. The summed E-state index contributed by atoms with van der Waals surface area (Å²) in [5.41, 5.74) is 3.86. The Hall–Kier alpha value is -3.38. The summed E-state index contributed by atoms with van der Waals surface area (Å²) in [4.78, 5) is 11.5. The van der Waals surface area contributed by atoms with Crippen molar-refractivity contribution in [1.29, 1.82) is 5.26 Å². The number of halogens is 1. The predicted molar refractivity (Wildman–Crippen MR) is 119 cm³/mol. The highest BCUT2D eigenvalue weighted by Crippen LogP contribution is 2.33. The van der Waals surface area contributed by atoms with Crippen molar-refractivity contribution in [3.63, 3.8) is 0 Å². The zero-order valence-electron chi connectivity index (χ0n) is 15.4. The summed E-state index contributed by atoms with van der Waals surface area (Å²) in [5, 5.41) is 17.2. The van der Waals surface area contributed by atoms with Gasteiger partial charge in [0.15, 0.2) is 6.29 Å². The second-order valence-electron chi connectivity index (χ2n) is 6.32. The van der Waals surface area contributed by atoms with E-state index in [2.05, 4.69) is 39.1 Å². The second kappa shape index (κ2) is 7.93. The molecule has 0 amide bonds. The van der Waals surface area contributed by atoms with Gasteiger partial charge in [-0.05, 0) is 71.5 Å². The number of benzene rings is 2. The lowest BCUT2D eigenvalue weighted by Crippen LogP contribution is -2.02. The van der Waals surface area contributed by atoms with Gasteiger partial charge >= 0.3 is 0 Å². The van der Waals surface area contributed by atoms with Crippen molar-refractivity contribution < 1.29 is 9.53 Å². The third-order valence-electron chi connectivity index (χ3n) is 4.53. The molecule has 0 aliphatic carbocycles. The van der Waals surface area contributed by atoms with E-state index in [4.69, 9.17) is 4.74 Å². The lowest BCUT2D eigenvalue weighted by Gasteiger charge is -2.12. The van der Waals surface area contributed by atoms with Crippen LogP contribution in [-0.2, 0) is 0 Å². The average molecular weight is 494 g/mol. The predicted octanol–water partition coefficient (Wildman–Crippen LogP) is 5.47. The van der Waals surface area contributed by atoms with Crippen LogP contribution in [0.25, 0.3) is 5.52 Å². The molecule has 0 saturated heterocycles. The minimum absolute atomic E-state index is 0.400. The van der Waals surface area contributed by atoms with E-state index >= 15 is 0 Å². The van der Waals surface area contributed by atoms with Gasteiger partial charge in [-0.15, -0.1) is 0 Å². The van der Waals surface area contributed by atoms with Gasteiger partial charge in [0.1, 0.15) is 21.3 Å².